The van der Waals surface area contributed by atoms with E-state index in [-0.39, 0.29) is 24.1 Å². The summed E-state index contributed by atoms with van der Waals surface area (Å²) >= 11 is 4.88. The van der Waals surface area contributed by atoms with Gasteiger partial charge in [-0.25, -0.2) is 0 Å². The first-order valence-electron chi connectivity index (χ1n) is 8.59. The van der Waals surface area contributed by atoms with Crippen molar-refractivity contribution in [3.05, 3.63) is 82.7 Å². The van der Waals surface area contributed by atoms with Crippen molar-refractivity contribution in [3.8, 4) is 0 Å². The molecule has 2 amide bonds. The quantitative estimate of drug-likeness (QED) is 0.519. The van der Waals surface area contributed by atoms with Gasteiger partial charge in [-0.15, -0.1) is 11.8 Å². The van der Waals surface area contributed by atoms with E-state index in [0.29, 0.717) is 17.0 Å². The minimum atomic E-state index is -0.258. The molecule has 0 radical (unpaired) electrons. The zero-order chi connectivity index (χ0) is 19.9. The van der Waals surface area contributed by atoms with E-state index in [1.165, 1.54) is 16.7 Å². The van der Waals surface area contributed by atoms with E-state index < -0.39 is 0 Å². The molecule has 7 heteroatoms. The molecule has 0 aliphatic carbocycles. The fraction of sp³-hybridized carbons (Fsp3) is 0.143. The molecule has 2 aromatic carbocycles. The van der Waals surface area contributed by atoms with Crippen molar-refractivity contribution in [1.29, 1.82) is 0 Å². The standard InChI is InChI=1S/C21H19BrN2O3S/c1-24(20(25)14-28-17-8-4-6-15(22)12-17)19-10-3-2-9-18(19)21(26)23-13-16-7-5-11-27-16/h2-12H,13-14H2,1H3,(H,23,26). The minimum Gasteiger partial charge on any atom is -0.467 e. The first kappa shape index (κ1) is 20.2. The Morgan fingerprint density at radius 3 is 2.68 bits per heavy atom. The number of thioether (sulfide) groups is 1. The van der Waals surface area contributed by atoms with Gasteiger partial charge in [0, 0.05) is 16.4 Å². The second-order valence-electron chi connectivity index (χ2n) is 5.98. The Kier molecular flexibility index (Phi) is 6.95. The molecule has 0 saturated carbocycles. The van der Waals surface area contributed by atoms with Crippen LogP contribution < -0.4 is 10.2 Å². The molecule has 1 N–H and O–H groups in total. The number of rotatable bonds is 7. The summed E-state index contributed by atoms with van der Waals surface area (Å²) in [5, 5.41) is 2.82. The lowest BCUT2D eigenvalue weighted by Gasteiger charge is -2.20. The van der Waals surface area contributed by atoms with Crippen LogP contribution in [0.3, 0.4) is 0 Å². The Morgan fingerprint density at radius 2 is 1.93 bits per heavy atom. The number of anilines is 1. The van der Waals surface area contributed by atoms with Crippen molar-refractivity contribution in [2.75, 3.05) is 17.7 Å². The molecule has 0 unspecified atom stereocenters. The summed E-state index contributed by atoms with van der Waals surface area (Å²) in [5.41, 5.74) is 1.01. The molecule has 144 valence electrons. The molecule has 0 aliphatic rings. The fourth-order valence-electron chi connectivity index (χ4n) is 2.57. The monoisotopic (exact) mass is 458 g/mol. The van der Waals surface area contributed by atoms with E-state index in [2.05, 4.69) is 21.2 Å². The molecular weight excluding hydrogens is 440 g/mol. The summed E-state index contributed by atoms with van der Waals surface area (Å²) in [6, 6.07) is 18.4. The van der Waals surface area contributed by atoms with Crippen molar-refractivity contribution < 1.29 is 14.0 Å². The van der Waals surface area contributed by atoms with E-state index in [0.717, 1.165) is 9.37 Å². The Balaban J connectivity index is 1.66. The highest BCUT2D eigenvalue weighted by Crippen LogP contribution is 2.24. The SMILES string of the molecule is CN(C(=O)CSc1cccc(Br)c1)c1ccccc1C(=O)NCc1ccco1. The van der Waals surface area contributed by atoms with Gasteiger partial charge in [-0.1, -0.05) is 34.1 Å². The van der Waals surface area contributed by atoms with Gasteiger partial charge in [0.05, 0.1) is 29.8 Å². The van der Waals surface area contributed by atoms with Crippen molar-refractivity contribution in [2.24, 2.45) is 0 Å². The van der Waals surface area contributed by atoms with Crippen LogP contribution in [0, 0.1) is 0 Å². The number of furan rings is 1. The molecule has 3 aromatic rings. The van der Waals surface area contributed by atoms with Gasteiger partial charge in [0.15, 0.2) is 0 Å². The van der Waals surface area contributed by atoms with Gasteiger partial charge in [0.25, 0.3) is 5.91 Å². The number of halogens is 1. The molecule has 0 saturated heterocycles. The van der Waals surface area contributed by atoms with Crippen LogP contribution in [0.25, 0.3) is 0 Å². The van der Waals surface area contributed by atoms with E-state index in [4.69, 9.17) is 4.42 Å². The summed E-state index contributed by atoms with van der Waals surface area (Å²) in [4.78, 5) is 27.8. The van der Waals surface area contributed by atoms with Crippen LogP contribution in [0.1, 0.15) is 16.1 Å². The summed E-state index contributed by atoms with van der Waals surface area (Å²) in [6.45, 7) is 0.288. The average Bonchev–Trinajstić information content (AvgIpc) is 3.23. The highest BCUT2D eigenvalue weighted by Gasteiger charge is 2.18. The maximum atomic E-state index is 12.7. The maximum absolute atomic E-state index is 12.7. The molecule has 28 heavy (non-hydrogen) atoms. The third-order valence-corrected chi connectivity index (χ3v) is 5.52. The summed E-state index contributed by atoms with van der Waals surface area (Å²) < 4.78 is 6.20. The van der Waals surface area contributed by atoms with Gasteiger partial charge < -0.3 is 14.6 Å². The molecule has 1 aromatic heterocycles. The molecule has 0 spiro atoms. The largest absolute Gasteiger partial charge is 0.467 e. The number of carbonyl (C=O) groups excluding carboxylic acids is 2. The third kappa shape index (κ3) is 5.27. The number of nitrogens with zero attached hydrogens (tertiary/aromatic N) is 1. The molecule has 0 atom stereocenters. The highest BCUT2D eigenvalue weighted by atomic mass is 79.9. The van der Waals surface area contributed by atoms with Crippen LogP contribution in [-0.2, 0) is 11.3 Å². The van der Waals surface area contributed by atoms with E-state index in [1.807, 2.05) is 30.3 Å². The number of nitrogens with one attached hydrogen (secondary N) is 1. The number of benzene rings is 2. The van der Waals surface area contributed by atoms with Crippen LogP contribution in [-0.4, -0.2) is 24.6 Å². The van der Waals surface area contributed by atoms with Crippen LogP contribution >= 0.6 is 27.7 Å². The minimum absolute atomic E-state index is 0.0868. The molecule has 0 bridgehead atoms. The highest BCUT2D eigenvalue weighted by molar-refractivity contribution is 9.10. The normalized spacial score (nSPS) is 10.5. The molecule has 5 nitrogen and oxygen atoms in total. The van der Waals surface area contributed by atoms with Crippen LogP contribution in [0.15, 0.2) is 80.7 Å². The zero-order valence-corrected chi connectivity index (χ0v) is 17.6. The predicted molar refractivity (Wildman–Crippen MR) is 115 cm³/mol. The van der Waals surface area contributed by atoms with Crippen molar-refractivity contribution in [2.45, 2.75) is 11.4 Å². The zero-order valence-electron chi connectivity index (χ0n) is 15.2. The Morgan fingerprint density at radius 1 is 1.11 bits per heavy atom. The van der Waals surface area contributed by atoms with Gasteiger partial charge >= 0.3 is 0 Å². The molecule has 0 fully saturated rings. The maximum Gasteiger partial charge on any atom is 0.253 e. The topological polar surface area (TPSA) is 62.6 Å². The van der Waals surface area contributed by atoms with E-state index >= 15 is 0 Å². The van der Waals surface area contributed by atoms with Gasteiger partial charge in [-0.2, -0.15) is 0 Å². The molecule has 1 heterocycles. The summed E-state index contributed by atoms with van der Waals surface area (Å²) in [5.74, 6) is 0.596. The van der Waals surface area contributed by atoms with Gasteiger partial charge in [0.2, 0.25) is 5.91 Å². The first-order valence-corrected chi connectivity index (χ1v) is 10.4. The molecule has 0 aliphatic heterocycles. The predicted octanol–water partition coefficient (Wildman–Crippen LogP) is 4.73. The first-order chi connectivity index (χ1) is 13.5. The van der Waals surface area contributed by atoms with Crippen molar-refractivity contribution in [3.63, 3.8) is 0 Å². The number of para-hydroxylation sites is 1. The third-order valence-electron chi connectivity index (χ3n) is 4.05. The van der Waals surface area contributed by atoms with Crippen LogP contribution in [0.5, 0.6) is 0 Å². The van der Waals surface area contributed by atoms with Crippen LogP contribution in [0.4, 0.5) is 5.69 Å². The molecular formula is C21H19BrN2O3S. The fourth-order valence-corrected chi connectivity index (χ4v) is 3.99. The molecule has 3 rings (SSSR count). The summed E-state index contributed by atoms with van der Waals surface area (Å²) in [6.07, 6.45) is 1.56. The number of hydrogen-bond acceptors (Lipinski definition) is 4. The van der Waals surface area contributed by atoms with Gasteiger partial charge in [-0.3, -0.25) is 9.59 Å². The van der Waals surface area contributed by atoms with E-state index in [9.17, 15) is 9.59 Å². The number of carbonyl (C=O) groups is 2. The summed E-state index contributed by atoms with van der Waals surface area (Å²) in [7, 11) is 1.68. The Bertz CT molecular complexity index is 960. The smallest absolute Gasteiger partial charge is 0.253 e. The lowest BCUT2D eigenvalue weighted by molar-refractivity contribution is -0.115. The second kappa shape index (κ2) is 9.61. The van der Waals surface area contributed by atoms with E-state index in [1.54, 1.807) is 43.6 Å². The average molecular weight is 459 g/mol. The van der Waals surface area contributed by atoms with Crippen molar-refractivity contribution in [1.82, 2.24) is 5.32 Å². The lowest BCUT2D eigenvalue weighted by Crippen LogP contribution is -2.31. The Labute approximate surface area is 176 Å². The van der Waals surface area contributed by atoms with Gasteiger partial charge in [-0.05, 0) is 42.5 Å². The lowest BCUT2D eigenvalue weighted by atomic mass is 10.1. The number of amides is 2. The number of hydrogen-bond donors (Lipinski definition) is 1. The Hall–Kier alpha value is -2.51. The second-order valence-corrected chi connectivity index (χ2v) is 7.94. The van der Waals surface area contributed by atoms with Crippen molar-refractivity contribution >= 4 is 45.2 Å². The van der Waals surface area contributed by atoms with Gasteiger partial charge in [0.1, 0.15) is 5.76 Å². The van der Waals surface area contributed by atoms with Crippen LogP contribution in [0.2, 0.25) is 0 Å².